The third-order valence-electron chi connectivity index (χ3n) is 3.99. The summed E-state index contributed by atoms with van der Waals surface area (Å²) in [7, 11) is 0. The van der Waals surface area contributed by atoms with Crippen LogP contribution in [0, 0.1) is 0 Å². The number of benzene rings is 1. The van der Waals surface area contributed by atoms with Crippen molar-refractivity contribution < 1.29 is 47.6 Å². The molecule has 0 aromatic heterocycles. The van der Waals surface area contributed by atoms with E-state index >= 15 is 0 Å². The van der Waals surface area contributed by atoms with Crippen molar-refractivity contribution in [1.82, 2.24) is 0 Å². The van der Waals surface area contributed by atoms with Crippen molar-refractivity contribution in [2.45, 2.75) is 59.3 Å². The van der Waals surface area contributed by atoms with Crippen molar-refractivity contribution in [3.63, 3.8) is 0 Å². The summed E-state index contributed by atoms with van der Waals surface area (Å²) in [6.07, 6.45) is -3.32. The van der Waals surface area contributed by atoms with E-state index in [9.17, 15) is 19.2 Å². The molecule has 0 heterocycles. The largest absolute Gasteiger partial charge is 0.513 e. The molecule has 0 saturated heterocycles. The number of carbonyl (C=O) groups excluding carboxylic acids is 4. The van der Waals surface area contributed by atoms with Crippen LogP contribution in [-0.4, -0.2) is 55.7 Å². The fourth-order valence-electron chi connectivity index (χ4n) is 2.38. The molecule has 0 aliphatic carbocycles. The molecule has 11 nitrogen and oxygen atoms in total. The lowest BCUT2D eigenvalue weighted by Gasteiger charge is -2.22. The van der Waals surface area contributed by atoms with E-state index in [2.05, 4.69) is 0 Å². The summed E-state index contributed by atoms with van der Waals surface area (Å²) in [5, 5.41) is 0. The molecule has 0 amide bonds. The van der Waals surface area contributed by atoms with Gasteiger partial charge in [0.2, 0.25) is 0 Å². The zero-order valence-electron chi connectivity index (χ0n) is 18.7. The molecule has 1 rings (SSSR count). The first-order valence-electron chi connectivity index (χ1n) is 10.0. The Balaban J connectivity index is 2.91. The number of rotatable bonds is 10. The standard InChI is InChI=1S/C21H29NO10/c1-6-27-20(25)31-17-9-8-15(11-18(17)32-21(26)28-7-2)10-16(22)19(24)30-13(4)12(3)29-14(5)23/h8-9,11-13,16H,6-7,10,22H2,1-5H3/t12-,13-,16+/m1/s1. The van der Waals surface area contributed by atoms with Gasteiger partial charge in [-0.05, 0) is 51.8 Å². The van der Waals surface area contributed by atoms with Gasteiger partial charge in [-0.2, -0.15) is 0 Å². The minimum atomic E-state index is -1.06. The van der Waals surface area contributed by atoms with Gasteiger partial charge >= 0.3 is 24.2 Å². The Morgan fingerprint density at radius 2 is 1.41 bits per heavy atom. The number of carbonyl (C=O) groups is 4. The molecular formula is C21H29NO10. The van der Waals surface area contributed by atoms with E-state index in [-0.39, 0.29) is 31.1 Å². The second kappa shape index (κ2) is 13.2. The summed E-state index contributed by atoms with van der Waals surface area (Å²) >= 11 is 0. The Morgan fingerprint density at radius 1 is 0.875 bits per heavy atom. The first-order valence-corrected chi connectivity index (χ1v) is 10.0. The van der Waals surface area contributed by atoms with Crippen molar-refractivity contribution in [2.75, 3.05) is 13.2 Å². The lowest BCUT2D eigenvalue weighted by molar-refractivity contribution is -0.164. The number of ether oxygens (including phenoxy) is 6. The van der Waals surface area contributed by atoms with Gasteiger partial charge in [-0.3, -0.25) is 9.59 Å². The molecule has 1 aromatic carbocycles. The molecule has 178 valence electrons. The molecule has 0 radical (unpaired) electrons. The summed E-state index contributed by atoms with van der Waals surface area (Å²) in [5.74, 6) is -1.41. The molecule has 2 N–H and O–H groups in total. The average Bonchev–Trinajstić information content (AvgIpc) is 2.69. The van der Waals surface area contributed by atoms with E-state index in [1.165, 1.54) is 25.1 Å². The summed E-state index contributed by atoms with van der Waals surface area (Å²) < 4.78 is 29.8. The molecule has 0 aliphatic rings. The monoisotopic (exact) mass is 455 g/mol. The smallest absolute Gasteiger partial charge is 0.459 e. The van der Waals surface area contributed by atoms with E-state index in [0.29, 0.717) is 5.56 Å². The Morgan fingerprint density at radius 3 is 1.94 bits per heavy atom. The van der Waals surface area contributed by atoms with Gasteiger partial charge in [0.05, 0.1) is 13.2 Å². The van der Waals surface area contributed by atoms with Crippen LogP contribution in [0.25, 0.3) is 0 Å². The second-order valence-electron chi connectivity index (χ2n) is 6.62. The van der Waals surface area contributed by atoms with Crippen LogP contribution in [0.4, 0.5) is 9.59 Å². The summed E-state index contributed by atoms with van der Waals surface area (Å²) in [6, 6.07) is 3.22. The number of esters is 2. The maximum absolute atomic E-state index is 12.3. The highest BCUT2D eigenvalue weighted by Gasteiger charge is 2.24. The van der Waals surface area contributed by atoms with E-state index in [1.54, 1.807) is 27.7 Å². The Hall–Kier alpha value is -3.34. The highest BCUT2D eigenvalue weighted by molar-refractivity contribution is 5.76. The average molecular weight is 455 g/mol. The number of hydrogen-bond acceptors (Lipinski definition) is 11. The molecule has 1 aromatic rings. The number of nitrogens with two attached hydrogens (primary N) is 1. The zero-order valence-corrected chi connectivity index (χ0v) is 18.7. The van der Waals surface area contributed by atoms with Crippen LogP contribution in [0.5, 0.6) is 11.5 Å². The number of hydrogen-bond donors (Lipinski definition) is 1. The van der Waals surface area contributed by atoms with Gasteiger partial charge in [-0.15, -0.1) is 0 Å². The van der Waals surface area contributed by atoms with Gasteiger partial charge in [0.25, 0.3) is 0 Å². The van der Waals surface area contributed by atoms with Crippen molar-refractivity contribution in [3.05, 3.63) is 23.8 Å². The van der Waals surface area contributed by atoms with Gasteiger partial charge in [-0.1, -0.05) is 6.07 Å². The molecule has 0 unspecified atom stereocenters. The van der Waals surface area contributed by atoms with Gasteiger partial charge < -0.3 is 34.2 Å². The van der Waals surface area contributed by atoms with E-state index in [0.717, 1.165) is 0 Å². The molecule has 0 saturated carbocycles. The van der Waals surface area contributed by atoms with Gasteiger partial charge in [0, 0.05) is 6.92 Å². The molecule has 0 spiro atoms. The van der Waals surface area contributed by atoms with Crippen molar-refractivity contribution in [3.8, 4) is 11.5 Å². The first kappa shape index (κ1) is 26.7. The minimum absolute atomic E-state index is 0.0202. The topological polar surface area (TPSA) is 150 Å². The highest BCUT2D eigenvalue weighted by atomic mass is 16.7. The van der Waals surface area contributed by atoms with Gasteiger partial charge in [0.1, 0.15) is 18.2 Å². The summed E-state index contributed by atoms with van der Waals surface area (Å²) in [4.78, 5) is 46.7. The van der Waals surface area contributed by atoms with Crippen LogP contribution >= 0.6 is 0 Å². The molecule has 0 aliphatic heterocycles. The fraction of sp³-hybridized carbons (Fsp3) is 0.524. The van der Waals surface area contributed by atoms with E-state index in [1.807, 2.05) is 0 Å². The zero-order chi connectivity index (χ0) is 24.3. The second-order valence-corrected chi connectivity index (χ2v) is 6.62. The van der Waals surface area contributed by atoms with Crippen LogP contribution in [0.2, 0.25) is 0 Å². The van der Waals surface area contributed by atoms with Crippen LogP contribution < -0.4 is 15.2 Å². The quantitative estimate of drug-likeness (QED) is 0.315. The van der Waals surface area contributed by atoms with E-state index in [4.69, 9.17) is 34.2 Å². The fourth-order valence-corrected chi connectivity index (χ4v) is 2.38. The van der Waals surface area contributed by atoms with Crippen LogP contribution in [0.15, 0.2) is 18.2 Å². The molecule has 3 atom stereocenters. The molecule has 11 heteroatoms. The third kappa shape index (κ3) is 9.21. The Labute approximate surface area is 186 Å². The molecular weight excluding hydrogens is 426 g/mol. The van der Waals surface area contributed by atoms with Gasteiger partial charge in [-0.25, -0.2) is 9.59 Å². The molecule has 0 fully saturated rings. The molecule has 0 bridgehead atoms. The summed E-state index contributed by atoms with van der Waals surface area (Å²) in [6.45, 7) is 7.79. The minimum Gasteiger partial charge on any atom is -0.459 e. The Bertz CT molecular complexity index is 810. The van der Waals surface area contributed by atoms with Crippen LogP contribution in [0.3, 0.4) is 0 Å². The predicted molar refractivity (Wildman–Crippen MR) is 110 cm³/mol. The lowest BCUT2D eigenvalue weighted by Crippen LogP contribution is -2.39. The lowest BCUT2D eigenvalue weighted by atomic mass is 10.1. The predicted octanol–water partition coefficient (Wildman–Crippen LogP) is 2.51. The van der Waals surface area contributed by atoms with E-state index < -0.39 is 42.5 Å². The Kier molecular flexibility index (Phi) is 11.0. The van der Waals surface area contributed by atoms with Crippen LogP contribution in [-0.2, 0) is 35.0 Å². The molecule has 32 heavy (non-hydrogen) atoms. The van der Waals surface area contributed by atoms with Crippen molar-refractivity contribution >= 4 is 24.2 Å². The maximum Gasteiger partial charge on any atom is 0.513 e. The van der Waals surface area contributed by atoms with Gasteiger partial charge in [0.15, 0.2) is 11.5 Å². The SMILES string of the molecule is CCOC(=O)Oc1ccc(C[C@H](N)C(=O)O[C@H](C)[C@@H](C)OC(C)=O)cc1OC(=O)OCC. The van der Waals surface area contributed by atoms with Crippen molar-refractivity contribution in [1.29, 1.82) is 0 Å². The first-order chi connectivity index (χ1) is 15.1. The summed E-state index contributed by atoms with van der Waals surface area (Å²) in [5.41, 5.74) is 6.43. The third-order valence-corrected chi connectivity index (χ3v) is 3.99. The van der Waals surface area contributed by atoms with Crippen LogP contribution in [0.1, 0.15) is 40.2 Å². The van der Waals surface area contributed by atoms with Crippen molar-refractivity contribution in [2.24, 2.45) is 5.73 Å². The maximum atomic E-state index is 12.3. The normalized spacial score (nSPS) is 13.2. The highest BCUT2D eigenvalue weighted by Crippen LogP contribution is 2.30.